The Morgan fingerprint density at radius 2 is 1.93 bits per heavy atom. The molecular formula is C23H31ClN2O3. The molecule has 0 saturated heterocycles. The first kappa shape index (κ1) is 23.4. The molecule has 2 atom stereocenters. The largest absolute Gasteiger partial charge is 0.389 e. The van der Waals surface area contributed by atoms with Gasteiger partial charge in [-0.2, -0.15) is 0 Å². The number of aliphatic hydroxyl groups is 1. The van der Waals surface area contributed by atoms with Gasteiger partial charge >= 0.3 is 0 Å². The molecule has 0 bridgehead atoms. The van der Waals surface area contributed by atoms with E-state index in [0.717, 1.165) is 18.7 Å². The molecule has 158 valence electrons. The van der Waals surface area contributed by atoms with Crippen molar-refractivity contribution in [3.8, 4) is 0 Å². The van der Waals surface area contributed by atoms with Crippen molar-refractivity contribution in [3.63, 3.8) is 0 Å². The zero-order valence-corrected chi connectivity index (χ0v) is 18.4. The van der Waals surface area contributed by atoms with E-state index < -0.39 is 11.7 Å². The molecule has 2 rings (SSSR count). The average molecular weight is 419 g/mol. The predicted octanol–water partition coefficient (Wildman–Crippen LogP) is 3.88. The number of ketones is 1. The fraction of sp³-hybridized carbons (Fsp3) is 0.435. The van der Waals surface area contributed by atoms with Crippen molar-refractivity contribution in [1.29, 1.82) is 0 Å². The molecule has 5 nitrogen and oxygen atoms in total. The van der Waals surface area contributed by atoms with Gasteiger partial charge in [0.2, 0.25) is 0 Å². The van der Waals surface area contributed by atoms with Crippen LogP contribution in [0, 0.1) is 0 Å². The van der Waals surface area contributed by atoms with Crippen LogP contribution in [-0.4, -0.2) is 50.8 Å². The van der Waals surface area contributed by atoms with Gasteiger partial charge in [0.25, 0.3) is 0 Å². The molecule has 29 heavy (non-hydrogen) atoms. The molecule has 0 heterocycles. The molecule has 2 aromatic rings. The number of hydrogen-bond acceptors (Lipinski definition) is 5. The maximum Gasteiger partial charge on any atom is 0.198 e. The quantitative estimate of drug-likeness (QED) is 0.428. The predicted molar refractivity (Wildman–Crippen MR) is 119 cm³/mol. The molecule has 2 unspecified atom stereocenters. The lowest BCUT2D eigenvalue weighted by molar-refractivity contribution is -0.0534. The fourth-order valence-electron chi connectivity index (χ4n) is 3.08. The van der Waals surface area contributed by atoms with Gasteiger partial charge in [-0.15, -0.1) is 0 Å². The van der Waals surface area contributed by atoms with Crippen molar-refractivity contribution in [1.82, 2.24) is 5.32 Å². The SMILES string of the molecule is CCCNCC(O)COC(C)(C(=O)c1ccccc1)c1ccc(N(C)C)c(Cl)c1. The summed E-state index contributed by atoms with van der Waals surface area (Å²) in [4.78, 5) is 15.3. The van der Waals surface area contributed by atoms with Gasteiger partial charge in [0, 0.05) is 26.2 Å². The van der Waals surface area contributed by atoms with Gasteiger partial charge in [0.15, 0.2) is 11.4 Å². The maximum atomic E-state index is 13.4. The van der Waals surface area contributed by atoms with Crippen LogP contribution in [0.3, 0.4) is 0 Å². The Balaban J connectivity index is 2.32. The van der Waals surface area contributed by atoms with Crippen molar-refractivity contribution >= 4 is 23.1 Å². The summed E-state index contributed by atoms with van der Waals surface area (Å²) in [6, 6.07) is 14.5. The Kier molecular flexibility index (Phi) is 8.65. The number of halogens is 1. The molecule has 0 spiro atoms. The first-order valence-corrected chi connectivity index (χ1v) is 10.3. The Labute approximate surface area is 178 Å². The second-order valence-corrected chi connectivity index (χ2v) is 7.87. The first-order valence-electron chi connectivity index (χ1n) is 9.89. The van der Waals surface area contributed by atoms with E-state index in [9.17, 15) is 9.90 Å². The van der Waals surface area contributed by atoms with Gasteiger partial charge in [-0.1, -0.05) is 54.9 Å². The van der Waals surface area contributed by atoms with Crippen LogP contribution in [0.4, 0.5) is 5.69 Å². The van der Waals surface area contributed by atoms with E-state index in [-0.39, 0.29) is 12.4 Å². The Morgan fingerprint density at radius 1 is 1.24 bits per heavy atom. The topological polar surface area (TPSA) is 61.8 Å². The number of anilines is 1. The fourth-order valence-corrected chi connectivity index (χ4v) is 3.43. The molecule has 0 radical (unpaired) electrons. The number of nitrogens with zero attached hydrogens (tertiary/aromatic N) is 1. The Morgan fingerprint density at radius 3 is 2.52 bits per heavy atom. The van der Waals surface area contributed by atoms with Crippen LogP contribution in [0.25, 0.3) is 0 Å². The summed E-state index contributed by atoms with van der Waals surface area (Å²) in [5.74, 6) is -0.180. The molecule has 2 aromatic carbocycles. The molecule has 0 aliphatic carbocycles. The minimum atomic E-state index is -1.28. The van der Waals surface area contributed by atoms with Crippen LogP contribution in [-0.2, 0) is 10.3 Å². The molecule has 6 heteroatoms. The van der Waals surface area contributed by atoms with E-state index in [1.165, 1.54) is 0 Å². The van der Waals surface area contributed by atoms with E-state index >= 15 is 0 Å². The number of rotatable bonds is 11. The van der Waals surface area contributed by atoms with Crippen LogP contribution >= 0.6 is 11.6 Å². The summed E-state index contributed by atoms with van der Waals surface area (Å²) in [5, 5.41) is 14.0. The van der Waals surface area contributed by atoms with Gasteiger partial charge < -0.3 is 20.1 Å². The number of Topliss-reactive ketones (excluding diaryl/α,β-unsaturated/α-hetero) is 1. The number of nitrogens with one attached hydrogen (secondary N) is 1. The van der Waals surface area contributed by atoms with Gasteiger partial charge in [0.1, 0.15) is 0 Å². The standard InChI is InChI=1S/C23H31ClN2O3/c1-5-13-25-15-19(27)16-29-23(2,22(28)17-9-7-6-8-10-17)18-11-12-21(26(3)4)20(24)14-18/h6-12,14,19,25,27H,5,13,15-16H2,1-4H3. The van der Waals surface area contributed by atoms with E-state index in [1.54, 1.807) is 25.1 Å². The van der Waals surface area contributed by atoms with Crippen molar-refractivity contribution in [2.24, 2.45) is 0 Å². The third kappa shape index (κ3) is 6.03. The lowest BCUT2D eigenvalue weighted by atomic mass is 9.87. The van der Waals surface area contributed by atoms with Gasteiger partial charge in [-0.25, -0.2) is 0 Å². The lowest BCUT2D eigenvalue weighted by Gasteiger charge is -2.31. The Bertz CT molecular complexity index is 798. The normalized spacial score (nSPS) is 14.3. The van der Waals surface area contributed by atoms with Crippen LogP contribution in [0.2, 0.25) is 5.02 Å². The minimum absolute atomic E-state index is 0.0266. The molecular weight excluding hydrogens is 388 g/mol. The third-order valence-electron chi connectivity index (χ3n) is 4.82. The van der Waals surface area contributed by atoms with Crippen LogP contribution in [0.5, 0.6) is 0 Å². The van der Waals surface area contributed by atoms with Crippen molar-refractivity contribution in [2.45, 2.75) is 32.0 Å². The summed E-state index contributed by atoms with van der Waals surface area (Å²) in [6.45, 7) is 5.05. The molecule has 0 aliphatic heterocycles. The van der Waals surface area contributed by atoms with E-state index in [2.05, 4.69) is 12.2 Å². The highest BCUT2D eigenvalue weighted by Crippen LogP contribution is 2.35. The van der Waals surface area contributed by atoms with Crippen molar-refractivity contribution in [3.05, 3.63) is 64.7 Å². The molecule has 0 aliphatic rings. The maximum absolute atomic E-state index is 13.4. The van der Waals surface area contributed by atoms with Crippen LogP contribution in [0.1, 0.15) is 36.2 Å². The highest BCUT2D eigenvalue weighted by molar-refractivity contribution is 6.33. The highest BCUT2D eigenvalue weighted by Gasteiger charge is 2.38. The van der Waals surface area contributed by atoms with E-state index in [4.69, 9.17) is 16.3 Å². The summed E-state index contributed by atoms with van der Waals surface area (Å²) < 4.78 is 6.07. The smallest absolute Gasteiger partial charge is 0.198 e. The number of carbonyl (C=O) groups excluding carboxylic acids is 1. The number of aliphatic hydroxyl groups excluding tert-OH is 1. The zero-order valence-electron chi connectivity index (χ0n) is 17.6. The number of benzene rings is 2. The first-order chi connectivity index (χ1) is 13.8. The third-order valence-corrected chi connectivity index (χ3v) is 5.12. The summed E-state index contributed by atoms with van der Waals surface area (Å²) >= 11 is 6.46. The second kappa shape index (κ2) is 10.7. The molecule has 0 saturated carbocycles. The summed E-state index contributed by atoms with van der Waals surface area (Å²) in [5.41, 5.74) is 0.771. The van der Waals surface area contributed by atoms with E-state index in [0.29, 0.717) is 22.7 Å². The van der Waals surface area contributed by atoms with E-state index in [1.807, 2.05) is 49.3 Å². The van der Waals surface area contributed by atoms with Crippen molar-refractivity contribution in [2.75, 3.05) is 38.7 Å². The monoisotopic (exact) mass is 418 g/mol. The highest BCUT2D eigenvalue weighted by atomic mass is 35.5. The lowest BCUT2D eigenvalue weighted by Crippen LogP contribution is -2.40. The Hall–Kier alpha value is -1.92. The van der Waals surface area contributed by atoms with Crippen LogP contribution in [0.15, 0.2) is 48.5 Å². The molecule has 0 amide bonds. The second-order valence-electron chi connectivity index (χ2n) is 7.46. The number of hydrogen-bond donors (Lipinski definition) is 2. The number of carbonyl (C=O) groups is 1. The van der Waals surface area contributed by atoms with Gasteiger partial charge in [-0.3, -0.25) is 4.79 Å². The molecule has 0 fully saturated rings. The average Bonchev–Trinajstić information content (AvgIpc) is 2.72. The summed E-state index contributed by atoms with van der Waals surface area (Å²) in [6.07, 6.45) is 0.259. The molecule has 2 N–H and O–H groups in total. The molecule has 0 aromatic heterocycles. The van der Waals surface area contributed by atoms with Crippen LogP contribution < -0.4 is 10.2 Å². The minimum Gasteiger partial charge on any atom is -0.389 e. The number of ether oxygens (including phenoxy) is 1. The summed E-state index contributed by atoms with van der Waals surface area (Å²) in [7, 11) is 3.82. The van der Waals surface area contributed by atoms with Gasteiger partial charge in [-0.05, 0) is 37.6 Å². The zero-order chi connectivity index (χ0) is 21.4. The van der Waals surface area contributed by atoms with Crippen molar-refractivity contribution < 1.29 is 14.6 Å². The van der Waals surface area contributed by atoms with Gasteiger partial charge in [0.05, 0.1) is 23.4 Å².